The van der Waals surface area contributed by atoms with Gasteiger partial charge in [-0.25, -0.2) is 4.98 Å². The molecule has 0 amide bonds. The molecule has 2 aliphatic heterocycles. The van der Waals surface area contributed by atoms with E-state index in [0.29, 0.717) is 42.7 Å². The van der Waals surface area contributed by atoms with Crippen molar-refractivity contribution >= 4 is 5.78 Å². The molecule has 1 aromatic carbocycles. The largest absolute Gasteiger partial charge is 0.484 e. The van der Waals surface area contributed by atoms with Gasteiger partial charge in [0.1, 0.15) is 13.2 Å². The van der Waals surface area contributed by atoms with Gasteiger partial charge >= 0.3 is 0 Å². The predicted molar refractivity (Wildman–Crippen MR) is 94.4 cm³/mol. The first-order chi connectivity index (χ1) is 12.3. The molecule has 0 radical (unpaired) electrons. The van der Waals surface area contributed by atoms with Gasteiger partial charge in [-0.3, -0.25) is 4.79 Å². The maximum atomic E-state index is 12.5. The minimum atomic E-state index is 0.104. The molecule has 2 aliphatic rings. The Bertz CT molecular complexity index is 748. The van der Waals surface area contributed by atoms with Crippen LogP contribution in [0, 0.1) is 0 Å². The van der Waals surface area contributed by atoms with Crippen LogP contribution in [0.4, 0.5) is 0 Å². The zero-order chi connectivity index (χ0) is 17.1. The Kier molecular flexibility index (Phi) is 4.65. The summed E-state index contributed by atoms with van der Waals surface area (Å²) in [6.07, 6.45) is 3.25. The molecule has 1 atom stereocenters. The first-order valence-corrected chi connectivity index (χ1v) is 8.86. The van der Waals surface area contributed by atoms with Crippen molar-refractivity contribution in [2.45, 2.75) is 18.8 Å². The second-order valence-corrected chi connectivity index (χ2v) is 6.59. The minimum Gasteiger partial charge on any atom is -0.484 e. The highest BCUT2D eigenvalue weighted by Crippen LogP contribution is 2.29. The lowest BCUT2D eigenvalue weighted by Gasteiger charge is -2.18. The van der Waals surface area contributed by atoms with Crippen molar-refractivity contribution in [3.8, 4) is 11.6 Å². The van der Waals surface area contributed by atoms with E-state index in [0.717, 1.165) is 26.1 Å². The van der Waals surface area contributed by atoms with E-state index in [2.05, 4.69) is 40.2 Å². The molecule has 5 nitrogen and oxygen atoms in total. The normalized spacial score (nSPS) is 19.8. The van der Waals surface area contributed by atoms with Crippen LogP contribution in [0.3, 0.4) is 0 Å². The molecule has 5 heteroatoms. The van der Waals surface area contributed by atoms with E-state index in [1.807, 2.05) is 0 Å². The van der Waals surface area contributed by atoms with Gasteiger partial charge in [0.05, 0.1) is 0 Å². The van der Waals surface area contributed by atoms with E-state index >= 15 is 0 Å². The SMILES string of the molecule is O=C(CCN1CCC(c2ccccc2)C1)c1cnc2c(c1)OCCO2. The van der Waals surface area contributed by atoms with Crippen LogP contribution < -0.4 is 9.47 Å². The van der Waals surface area contributed by atoms with Crippen LogP contribution in [0.2, 0.25) is 0 Å². The standard InChI is InChI=1S/C20H22N2O3/c23-18(17-12-19-20(21-13-17)25-11-10-24-19)7-9-22-8-6-16(14-22)15-4-2-1-3-5-15/h1-5,12-13,16H,6-11,14H2. The Labute approximate surface area is 147 Å². The maximum absolute atomic E-state index is 12.5. The Morgan fingerprint density at radius 1 is 1.20 bits per heavy atom. The van der Waals surface area contributed by atoms with E-state index in [1.54, 1.807) is 12.3 Å². The molecule has 130 valence electrons. The lowest BCUT2D eigenvalue weighted by Crippen LogP contribution is -2.24. The van der Waals surface area contributed by atoms with E-state index in [4.69, 9.17) is 9.47 Å². The highest BCUT2D eigenvalue weighted by molar-refractivity contribution is 5.96. The molecule has 1 unspecified atom stereocenters. The summed E-state index contributed by atoms with van der Waals surface area (Å²) in [4.78, 5) is 19.0. The number of aromatic nitrogens is 1. The van der Waals surface area contributed by atoms with Gasteiger partial charge in [-0.1, -0.05) is 30.3 Å². The highest BCUT2D eigenvalue weighted by Gasteiger charge is 2.24. The number of fused-ring (bicyclic) bond motifs is 1. The first-order valence-electron chi connectivity index (χ1n) is 8.86. The number of Topliss-reactive ketones (excluding diaryl/α,β-unsaturated/α-hetero) is 1. The quantitative estimate of drug-likeness (QED) is 0.785. The van der Waals surface area contributed by atoms with Crippen molar-refractivity contribution in [3.05, 3.63) is 53.7 Å². The summed E-state index contributed by atoms with van der Waals surface area (Å²) in [5.41, 5.74) is 2.00. The number of hydrogen-bond donors (Lipinski definition) is 0. The number of carbonyl (C=O) groups is 1. The molecule has 3 heterocycles. The van der Waals surface area contributed by atoms with E-state index in [1.165, 1.54) is 5.56 Å². The van der Waals surface area contributed by atoms with Crippen LogP contribution in [-0.4, -0.2) is 48.5 Å². The van der Waals surface area contributed by atoms with Crippen molar-refractivity contribution < 1.29 is 14.3 Å². The summed E-state index contributed by atoms with van der Waals surface area (Å²) >= 11 is 0. The highest BCUT2D eigenvalue weighted by atomic mass is 16.6. The zero-order valence-corrected chi connectivity index (χ0v) is 14.2. The maximum Gasteiger partial charge on any atom is 0.257 e. The Balaban J connectivity index is 1.32. The lowest BCUT2D eigenvalue weighted by atomic mass is 9.99. The molecule has 0 bridgehead atoms. The Morgan fingerprint density at radius 2 is 2.04 bits per heavy atom. The molecule has 0 saturated carbocycles. The topological polar surface area (TPSA) is 51.7 Å². The molecule has 1 fully saturated rings. The number of carbonyl (C=O) groups excluding carboxylic acids is 1. The fraction of sp³-hybridized carbons (Fsp3) is 0.400. The van der Waals surface area contributed by atoms with Gasteiger partial charge in [-0.05, 0) is 30.5 Å². The van der Waals surface area contributed by atoms with Gasteiger partial charge in [0.2, 0.25) is 0 Å². The number of nitrogens with zero attached hydrogens (tertiary/aromatic N) is 2. The van der Waals surface area contributed by atoms with Crippen LogP contribution in [0.15, 0.2) is 42.6 Å². The Morgan fingerprint density at radius 3 is 2.92 bits per heavy atom. The smallest absolute Gasteiger partial charge is 0.257 e. The molecule has 25 heavy (non-hydrogen) atoms. The molecule has 0 spiro atoms. The average molecular weight is 338 g/mol. The van der Waals surface area contributed by atoms with Gasteiger partial charge in [0.25, 0.3) is 5.88 Å². The zero-order valence-electron chi connectivity index (χ0n) is 14.2. The predicted octanol–water partition coefficient (Wildman–Crippen LogP) is 2.92. The molecule has 4 rings (SSSR count). The second kappa shape index (κ2) is 7.23. The third-order valence-corrected chi connectivity index (χ3v) is 4.92. The van der Waals surface area contributed by atoms with Gasteiger partial charge < -0.3 is 14.4 Å². The van der Waals surface area contributed by atoms with Gasteiger partial charge in [-0.2, -0.15) is 0 Å². The molecule has 1 aromatic heterocycles. The molecule has 0 N–H and O–H groups in total. The fourth-order valence-corrected chi connectivity index (χ4v) is 3.52. The second-order valence-electron chi connectivity index (χ2n) is 6.59. The lowest BCUT2D eigenvalue weighted by molar-refractivity contribution is 0.0966. The molecular formula is C20H22N2O3. The van der Waals surface area contributed by atoms with Crippen molar-refractivity contribution in [1.82, 2.24) is 9.88 Å². The van der Waals surface area contributed by atoms with Gasteiger partial charge in [0, 0.05) is 31.3 Å². The van der Waals surface area contributed by atoms with E-state index in [9.17, 15) is 4.79 Å². The van der Waals surface area contributed by atoms with Crippen LogP contribution in [0.25, 0.3) is 0 Å². The monoisotopic (exact) mass is 338 g/mol. The summed E-state index contributed by atoms with van der Waals surface area (Å²) < 4.78 is 10.9. The molecule has 2 aromatic rings. The summed E-state index contributed by atoms with van der Waals surface area (Å²) in [6, 6.07) is 12.4. The fourth-order valence-electron chi connectivity index (χ4n) is 3.52. The number of benzene rings is 1. The third-order valence-electron chi connectivity index (χ3n) is 4.92. The van der Waals surface area contributed by atoms with Crippen LogP contribution in [0.5, 0.6) is 11.6 Å². The van der Waals surface area contributed by atoms with Gasteiger partial charge in [-0.15, -0.1) is 0 Å². The third kappa shape index (κ3) is 3.66. The van der Waals surface area contributed by atoms with E-state index < -0.39 is 0 Å². The van der Waals surface area contributed by atoms with Crippen LogP contribution in [0.1, 0.15) is 34.7 Å². The summed E-state index contributed by atoms with van der Waals surface area (Å²) in [7, 11) is 0. The van der Waals surface area contributed by atoms with Gasteiger partial charge in [0.15, 0.2) is 11.5 Å². The summed E-state index contributed by atoms with van der Waals surface area (Å²) in [5.74, 6) is 1.73. The first kappa shape index (κ1) is 16.1. The number of hydrogen-bond acceptors (Lipinski definition) is 5. The minimum absolute atomic E-state index is 0.104. The Hall–Kier alpha value is -2.40. The number of rotatable bonds is 5. The number of likely N-dealkylation sites (tertiary alicyclic amines) is 1. The van der Waals surface area contributed by atoms with Crippen molar-refractivity contribution in [2.75, 3.05) is 32.8 Å². The molecule has 1 saturated heterocycles. The number of ether oxygens (including phenoxy) is 2. The molecular weight excluding hydrogens is 316 g/mol. The average Bonchev–Trinajstić information content (AvgIpc) is 3.15. The van der Waals surface area contributed by atoms with Crippen molar-refractivity contribution in [3.63, 3.8) is 0 Å². The van der Waals surface area contributed by atoms with Crippen molar-refractivity contribution in [2.24, 2.45) is 0 Å². The van der Waals surface area contributed by atoms with Crippen molar-refractivity contribution in [1.29, 1.82) is 0 Å². The number of ketones is 1. The number of pyridine rings is 1. The molecule has 0 aliphatic carbocycles. The van der Waals surface area contributed by atoms with E-state index in [-0.39, 0.29) is 5.78 Å². The van der Waals surface area contributed by atoms with Crippen LogP contribution >= 0.6 is 0 Å². The summed E-state index contributed by atoms with van der Waals surface area (Å²) in [6.45, 7) is 3.87. The van der Waals surface area contributed by atoms with Crippen LogP contribution in [-0.2, 0) is 0 Å². The summed E-state index contributed by atoms with van der Waals surface area (Å²) in [5, 5.41) is 0.